The number of fused-ring (bicyclic) bond motifs is 1. The lowest BCUT2D eigenvalue weighted by molar-refractivity contribution is -0.122. The molecule has 0 saturated heterocycles. The zero-order valence-corrected chi connectivity index (χ0v) is 13.8. The predicted octanol–water partition coefficient (Wildman–Crippen LogP) is 3.24. The Kier molecular flexibility index (Phi) is 5.04. The molecule has 0 aromatic heterocycles. The normalized spacial score (nSPS) is 13.6. The highest BCUT2D eigenvalue weighted by Gasteiger charge is 2.24. The Morgan fingerprint density at radius 3 is 2.33 bits per heavy atom. The lowest BCUT2D eigenvalue weighted by Gasteiger charge is -2.20. The third kappa shape index (κ3) is 3.53. The van der Waals surface area contributed by atoms with E-state index in [1.165, 1.54) is 10.8 Å². The van der Waals surface area contributed by atoms with Gasteiger partial charge in [0.15, 0.2) is 5.78 Å². The smallest absolute Gasteiger partial charge is 0.171 e. The van der Waals surface area contributed by atoms with E-state index in [0.717, 1.165) is 11.1 Å². The van der Waals surface area contributed by atoms with E-state index in [4.69, 9.17) is 5.73 Å². The molecule has 2 atom stereocenters. The Balaban J connectivity index is 1.77. The summed E-state index contributed by atoms with van der Waals surface area (Å²) < 4.78 is 0. The first-order valence-electron chi connectivity index (χ1n) is 8.18. The van der Waals surface area contributed by atoms with E-state index in [0.29, 0.717) is 6.42 Å². The average Bonchev–Trinajstić information content (AvgIpc) is 2.63. The van der Waals surface area contributed by atoms with Crippen molar-refractivity contribution in [2.24, 2.45) is 5.73 Å². The topological polar surface area (TPSA) is 55.1 Å². The maximum absolute atomic E-state index is 12.8. The largest absolute Gasteiger partial charge is 0.321 e. The van der Waals surface area contributed by atoms with Gasteiger partial charge in [-0.2, -0.15) is 0 Å². The van der Waals surface area contributed by atoms with Crippen molar-refractivity contribution in [3.63, 3.8) is 0 Å². The number of benzene rings is 3. The van der Waals surface area contributed by atoms with Crippen LogP contribution < -0.4 is 11.1 Å². The maximum Gasteiger partial charge on any atom is 0.171 e. The van der Waals surface area contributed by atoms with Crippen LogP contribution in [0.3, 0.4) is 0 Å². The van der Waals surface area contributed by atoms with Crippen molar-refractivity contribution in [1.82, 2.24) is 5.32 Å². The lowest BCUT2D eigenvalue weighted by Crippen LogP contribution is -2.40. The van der Waals surface area contributed by atoms with Crippen LogP contribution in [0.25, 0.3) is 10.8 Å². The number of hydrogen-bond donors (Lipinski definition) is 2. The molecule has 122 valence electrons. The van der Waals surface area contributed by atoms with Crippen molar-refractivity contribution in [1.29, 1.82) is 0 Å². The Hall–Kier alpha value is -2.49. The highest BCUT2D eigenvalue weighted by atomic mass is 16.1. The van der Waals surface area contributed by atoms with Gasteiger partial charge in [0.05, 0.1) is 12.1 Å². The van der Waals surface area contributed by atoms with Crippen molar-refractivity contribution < 1.29 is 4.79 Å². The summed E-state index contributed by atoms with van der Waals surface area (Å²) >= 11 is 0. The molecule has 0 amide bonds. The molecule has 0 aliphatic carbocycles. The fourth-order valence-electron chi connectivity index (χ4n) is 3.05. The van der Waals surface area contributed by atoms with Crippen molar-refractivity contribution in [3.8, 4) is 0 Å². The molecule has 3 N–H and O–H groups in total. The summed E-state index contributed by atoms with van der Waals surface area (Å²) in [6, 6.07) is 23.2. The lowest BCUT2D eigenvalue weighted by atomic mass is 9.93. The van der Waals surface area contributed by atoms with Crippen LogP contribution in [0.4, 0.5) is 0 Å². The minimum Gasteiger partial charge on any atom is -0.321 e. The number of nitrogens with one attached hydrogen (secondary N) is 1. The Morgan fingerprint density at radius 1 is 0.958 bits per heavy atom. The molecule has 1 unspecified atom stereocenters. The molecule has 0 spiro atoms. The summed E-state index contributed by atoms with van der Waals surface area (Å²) in [7, 11) is 1.79. The van der Waals surface area contributed by atoms with Gasteiger partial charge in [-0.25, -0.2) is 0 Å². The molecule has 0 radical (unpaired) electrons. The highest BCUT2D eigenvalue weighted by molar-refractivity contribution is 5.90. The summed E-state index contributed by atoms with van der Waals surface area (Å²) in [4.78, 5) is 12.8. The van der Waals surface area contributed by atoms with E-state index in [-0.39, 0.29) is 11.8 Å². The number of ketones is 1. The van der Waals surface area contributed by atoms with Gasteiger partial charge in [-0.3, -0.25) is 4.79 Å². The number of likely N-dealkylation sites (N-methyl/N-ethyl adjacent to an activating group) is 1. The number of Topliss-reactive ketones (excluding diaryl/α,β-unsaturated/α-hetero) is 1. The molecule has 0 bridgehead atoms. The standard InChI is InChI=1S/C21H22N2O/c1-23-20(17-8-3-2-4-9-17)21(24)19(22)14-15-11-12-16-7-5-6-10-18(16)13-15/h2-13,19-20,23H,14,22H2,1H3/t19-,20?/m0/s1. The number of hydrogen-bond acceptors (Lipinski definition) is 3. The summed E-state index contributed by atoms with van der Waals surface area (Å²) in [5, 5.41) is 5.45. The number of nitrogens with two attached hydrogens (primary N) is 1. The fourth-order valence-corrected chi connectivity index (χ4v) is 3.05. The van der Waals surface area contributed by atoms with Crippen molar-refractivity contribution >= 4 is 16.6 Å². The Morgan fingerprint density at radius 2 is 1.62 bits per heavy atom. The molecular formula is C21H22N2O. The summed E-state index contributed by atoms with van der Waals surface area (Å²) in [5.74, 6) is 0.0110. The van der Waals surface area contributed by atoms with E-state index < -0.39 is 6.04 Å². The van der Waals surface area contributed by atoms with Crippen LogP contribution in [0.15, 0.2) is 72.8 Å². The van der Waals surface area contributed by atoms with Crippen molar-refractivity contribution in [2.75, 3.05) is 7.05 Å². The van der Waals surface area contributed by atoms with Crippen LogP contribution >= 0.6 is 0 Å². The van der Waals surface area contributed by atoms with Crippen LogP contribution in [0, 0.1) is 0 Å². The molecule has 24 heavy (non-hydrogen) atoms. The molecule has 3 nitrogen and oxygen atoms in total. The zero-order valence-electron chi connectivity index (χ0n) is 13.8. The second-order valence-corrected chi connectivity index (χ2v) is 6.03. The van der Waals surface area contributed by atoms with E-state index >= 15 is 0 Å². The van der Waals surface area contributed by atoms with Gasteiger partial charge < -0.3 is 11.1 Å². The van der Waals surface area contributed by atoms with Crippen LogP contribution in [0.2, 0.25) is 0 Å². The first-order chi connectivity index (χ1) is 11.7. The van der Waals surface area contributed by atoms with Crippen molar-refractivity contribution in [2.45, 2.75) is 18.5 Å². The quantitative estimate of drug-likeness (QED) is 0.733. The van der Waals surface area contributed by atoms with Crippen LogP contribution in [0.5, 0.6) is 0 Å². The number of carbonyl (C=O) groups excluding carboxylic acids is 1. The van der Waals surface area contributed by atoms with Gasteiger partial charge in [-0.15, -0.1) is 0 Å². The monoisotopic (exact) mass is 318 g/mol. The SMILES string of the molecule is CNC(C(=O)[C@@H](N)Cc1ccc2ccccc2c1)c1ccccc1. The Bertz CT molecular complexity index is 829. The van der Waals surface area contributed by atoms with E-state index in [2.05, 4.69) is 29.6 Å². The summed E-state index contributed by atoms with van der Waals surface area (Å²) in [6.07, 6.45) is 0.536. The second-order valence-electron chi connectivity index (χ2n) is 6.03. The van der Waals surface area contributed by atoms with Crippen LogP contribution in [-0.2, 0) is 11.2 Å². The van der Waals surface area contributed by atoms with E-state index in [1.54, 1.807) is 7.05 Å². The third-order valence-corrected chi connectivity index (χ3v) is 4.34. The molecule has 0 fully saturated rings. The zero-order chi connectivity index (χ0) is 16.9. The van der Waals surface area contributed by atoms with Gasteiger partial charge in [-0.05, 0) is 35.4 Å². The number of carbonyl (C=O) groups is 1. The molecule has 0 aliphatic heterocycles. The van der Waals surface area contributed by atoms with E-state index in [1.807, 2.05) is 48.5 Å². The van der Waals surface area contributed by atoms with Gasteiger partial charge >= 0.3 is 0 Å². The third-order valence-electron chi connectivity index (χ3n) is 4.34. The molecule has 3 aromatic rings. The molecule has 3 rings (SSSR count). The first kappa shape index (κ1) is 16.4. The minimum atomic E-state index is -0.538. The second kappa shape index (κ2) is 7.39. The van der Waals surface area contributed by atoms with E-state index in [9.17, 15) is 4.79 Å². The molecule has 3 heteroatoms. The highest BCUT2D eigenvalue weighted by Crippen LogP contribution is 2.19. The molecular weight excluding hydrogens is 296 g/mol. The predicted molar refractivity (Wildman–Crippen MR) is 98.9 cm³/mol. The summed E-state index contributed by atoms with van der Waals surface area (Å²) in [5.41, 5.74) is 8.24. The average molecular weight is 318 g/mol. The fraction of sp³-hybridized carbons (Fsp3) is 0.190. The van der Waals surface area contributed by atoms with Crippen LogP contribution in [0.1, 0.15) is 17.2 Å². The maximum atomic E-state index is 12.8. The molecule has 0 aliphatic rings. The Labute approximate surface area is 142 Å². The molecule has 3 aromatic carbocycles. The molecule has 0 heterocycles. The van der Waals surface area contributed by atoms with Gasteiger partial charge in [-0.1, -0.05) is 72.8 Å². The first-order valence-corrected chi connectivity index (χ1v) is 8.18. The van der Waals surface area contributed by atoms with Crippen molar-refractivity contribution in [3.05, 3.63) is 83.9 Å². The van der Waals surface area contributed by atoms with Gasteiger partial charge in [0.25, 0.3) is 0 Å². The number of rotatable bonds is 6. The summed E-state index contributed by atoms with van der Waals surface area (Å²) in [6.45, 7) is 0. The van der Waals surface area contributed by atoms with Gasteiger partial charge in [0, 0.05) is 0 Å². The minimum absolute atomic E-state index is 0.0110. The molecule has 0 saturated carbocycles. The van der Waals surface area contributed by atoms with Gasteiger partial charge in [0.2, 0.25) is 0 Å². The van der Waals surface area contributed by atoms with Crippen LogP contribution in [-0.4, -0.2) is 18.9 Å². The van der Waals surface area contributed by atoms with Gasteiger partial charge in [0.1, 0.15) is 0 Å².